The van der Waals surface area contributed by atoms with Gasteiger partial charge in [-0.15, -0.1) is 0 Å². The lowest BCUT2D eigenvalue weighted by atomic mass is 9.94. The SMILES string of the molecule is Cc1nn(C)c(Cl)c1CN1CC2CCCNC2C1. The number of fused-ring (bicyclic) bond motifs is 1. The lowest BCUT2D eigenvalue weighted by Crippen LogP contribution is -2.40. The Morgan fingerprint density at radius 3 is 2.94 bits per heavy atom. The molecule has 18 heavy (non-hydrogen) atoms. The maximum atomic E-state index is 6.30. The van der Waals surface area contributed by atoms with Gasteiger partial charge in [-0.2, -0.15) is 5.10 Å². The van der Waals surface area contributed by atoms with Gasteiger partial charge in [0.05, 0.1) is 5.69 Å². The van der Waals surface area contributed by atoms with Crippen LogP contribution in [0.15, 0.2) is 0 Å². The molecular formula is C13H21ClN4. The van der Waals surface area contributed by atoms with Gasteiger partial charge in [-0.1, -0.05) is 11.6 Å². The molecular weight excluding hydrogens is 248 g/mol. The third-order valence-corrected chi connectivity index (χ3v) is 4.80. The van der Waals surface area contributed by atoms with Crippen LogP contribution in [0.25, 0.3) is 0 Å². The molecule has 0 aliphatic carbocycles. The van der Waals surface area contributed by atoms with Crippen LogP contribution in [0.4, 0.5) is 0 Å². The Morgan fingerprint density at radius 2 is 2.28 bits per heavy atom. The molecule has 2 fully saturated rings. The lowest BCUT2D eigenvalue weighted by molar-refractivity contribution is 0.312. The Bertz CT molecular complexity index is 428. The molecule has 0 aromatic carbocycles. The van der Waals surface area contributed by atoms with Crippen LogP contribution in [-0.4, -0.2) is 40.4 Å². The Labute approximate surface area is 113 Å². The standard InChI is InChI=1S/C13H21ClN4/c1-9-11(13(14)17(2)16-9)7-18-6-10-4-3-5-15-12(10)8-18/h10,12,15H,3-8H2,1-2H3. The van der Waals surface area contributed by atoms with E-state index >= 15 is 0 Å². The summed E-state index contributed by atoms with van der Waals surface area (Å²) in [6.07, 6.45) is 2.69. The number of aromatic nitrogens is 2. The molecule has 3 heterocycles. The molecule has 0 amide bonds. The molecule has 0 radical (unpaired) electrons. The molecule has 2 aliphatic heterocycles. The normalized spacial score (nSPS) is 28.6. The second-order valence-electron chi connectivity index (χ2n) is 5.64. The second kappa shape index (κ2) is 4.83. The molecule has 1 N–H and O–H groups in total. The molecule has 5 heteroatoms. The molecule has 2 atom stereocenters. The van der Waals surface area contributed by atoms with Crippen molar-refractivity contribution in [2.45, 2.75) is 32.4 Å². The summed E-state index contributed by atoms with van der Waals surface area (Å²) >= 11 is 6.30. The maximum Gasteiger partial charge on any atom is 0.131 e. The van der Waals surface area contributed by atoms with Crippen LogP contribution in [0.5, 0.6) is 0 Å². The quantitative estimate of drug-likeness (QED) is 0.884. The van der Waals surface area contributed by atoms with Crippen molar-refractivity contribution in [1.82, 2.24) is 20.0 Å². The van der Waals surface area contributed by atoms with Crippen molar-refractivity contribution in [3.05, 3.63) is 16.4 Å². The largest absolute Gasteiger partial charge is 0.312 e. The summed E-state index contributed by atoms with van der Waals surface area (Å²) in [5.41, 5.74) is 2.25. The number of nitrogens with one attached hydrogen (secondary N) is 1. The van der Waals surface area contributed by atoms with E-state index in [1.807, 2.05) is 14.0 Å². The third-order valence-electron chi connectivity index (χ3n) is 4.33. The van der Waals surface area contributed by atoms with Crippen LogP contribution in [0.1, 0.15) is 24.1 Å². The van der Waals surface area contributed by atoms with Crippen molar-refractivity contribution in [2.75, 3.05) is 19.6 Å². The number of hydrogen-bond donors (Lipinski definition) is 1. The number of aryl methyl sites for hydroxylation is 2. The summed E-state index contributed by atoms with van der Waals surface area (Å²) in [5.74, 6) is 0.828. The number of piperidine rings is 1. The highest BCUT2D eigenvalue weighted by molar-refractivity contribution is 6.30. The molecule has 2 unspecified atom stereocenters. The average Bonchev–Trinajstić information content (AvgIpc) is 2.86. The molecule has 100 valence electrons. The number of rotatable bonds is 2. The summed E-state index contributed by atoms with van der Waals surface area (Å²) in [5, 5.41) is 8.81. The first kappa shape index (κ1) is 12.5. The molecule has 1 aromatic rings. The highest BCUT2D eigenvalue weighted by Crippen LogP contribution is 2.28. The smallest absolute Gasteiger partial charge is 0.131 e. The summed E-state index contributed by atoms with van der Waals surface area (Å²) in [4.78, 5) is 2.52. The van der Waals surface area contributed by atoms with Gasteiger partial charge in [-0.05, 0) is 32.2 Å². The van der Waals surface area contributed by atoms with Gasteiger partial charge in [-0.25, -0.2) is 0 Å². The molecule has 2 saturated heterocycles. The Morgan fingerprint density at radius 1 is 1.44 bits per heavy atom. The Hall–Kier alpha value is -0.580. The molecule has 0 saturated carbocycles. The minimum atomic E-state index is 0.689. The van der Waals surface area contributed by atoms with Crippen molar-refractivity contribution in [3.8, 4) is 0 Å². The lowest BCUT2D eigenvalue weighted by Gasteiger charge is -2.24. The van der Waals surface area contributed by atoms with Crippen LogP contribution in [0.2, 0.25) is 5.15 Å². The maximum absolute atomic E-state index is 6.30. The predicted octanol–water partition coefficient (Wildman–Crippen LogP) is 1.57. The minimum absolute atomic E-state index is 0.689. The number of hydrogen-bond acceptors (Lipinski definition) is 3. The Kier molecular flexibility index (Phi) is 3.34. The van der Waals surface area contributed by atoms with E-state index in [4.69, 9.17) is 11.6 Å². The van der Waals surface area contributed by atoms with Gasteiger partial charge in [0.15, 0.2) is 0 Å². The van der Waals surface area contributed by atoms with E-state index in [1.165, 1.54) is 31.5 Å². The predicted molar refractivity (Wildman–Crippen MR) is 72.7 cm³/mol. The van der Waals surface area contributed by atoms with Gasteiger partial charge in [-0.3, -0.25) is 9.58 Å². The fourth-order valence-corrected chi connectivity index (χ4v) is 3.58. The van der Waals surface area contributed by atoms with E-state index in [2.05, 4.69) is 15.3 Å². The topological polar surface area (TPSA) is 33.1 Å². The monoisotopic (exact) mass is 268 g/mol. The number of nitrogens with zero attached hydrogens (tertiary/aromatic N) is 3. The van der Waals surface area contributed by atoms with Crippen molar-refractivity contribution in [1.29, 1.82) is 0 Å². The van der Waals surface area contributed by atoms with Crippen LogP contribution in [-0.2, 0) is 13.6 Å². The number of likely N-dealkylation sites (tertiary alicyclic amines) is 1. The van der Waals surface area contributed by atoms with Gasteiger partial charge >= 0.3 is 0 Å². The average molecular weight is 269 g/mol. The fraction of sp³-hybridized carbons (Fsp3) is 0.769. The van der Waals surface area contributed by atoms with Crippen molar-refractivity contribution >= 4 is 11.6 Å². The van der Waals surface area contributed by atoms with Gasteiger partial charge in [0, 0.05) is 38.3 Å². The van der Waals surface area contributed by atoms with E-state index in [-0.39, 0.29) is 0 Å². The van der Waals surface area contributed by atoms with E-state index in [0.29, 0.717) is 6.04 Å². The van der Waals surface area contributed by atoms with Crippen LogP contribution in [0, 0.1) is 12.8 Å². The van der Waals surface area contributed by atoms with E-state index < -0.39 is 0 Å². The van der Waals surface area contributed by atoms with Crippen molar-refractivity contribution < 1.29 is 0 Å². The molecule has 4 nitrogen and oxygen atoms in total. The van der Waals surface area contributed by atoms with E-state index in [1.54, 1.807) is 4.68 Å². The first-order chi connectivity index (χ1) is 8.65. The Balaban J connectivity index is 1.70. The van der Waals surface area contributed by atoms with Gasteiger partial charge in [0.1, 0.15) is 5.15 Å². The molecule has 0 spiro atoms. The minimum Gasteiger partial charge on any atom is -0.312 e. The molecule has 3 rings (SSSR count). The molecule has 1 aromatic heterocycles. The zero-order valence-corrected chi connectivity index (χ0v) is 11.9. The highest BCUT2D eigenvalue weighted by atomic mass is 35.5. The molecule has 0 bridgehead atoms. The summed E-state index contributed by atoms with van der Waals surface area (Å²) in [7, 11) is 1.91. The zero-order chi connectivity index (χ0) is 12.7. The van der Waals surface area contributed by atoms with E-state index in [9.17, 15) is 0 Å². The number of halogens is 1. The summed E-state index contributed by atoms with van der Waals surface area (Å²) in [6.45, 7) is 6.51. The van der Waals surface area contributed by atoms with Gasteiger partial charge in [0.2, 0.25) is 0 Å². The highest BCUT2D eigenvalue weighted by Gasteiger charge is 2.34. The molecule has 2 aliphatic rings. The van der Waals surface area contributed by atoms with Crippen molar-refractivity contribution in [2.24, 2.45) is 13.0 Å². The first-order valence-corrected chi connectivity index (χ1v) is 7.16. The third kappa shape index (κ3) is 2.17. The first-order valence-electron chi connectivity index (χ1n) is 6.79. The van der Waals surface area contributed by atoms with Crippen LogP contribution >= 0.6 is 11.6 Å². The summed E-state index contributed by atoms with van der Waals surface area (Å²) < 4.78 is 1.77. The second-order valence-corrected chi connectivity index (χ2v) is 5.99. The van der Waals surface area contributed by atoms with Crippen LogP contribution < -0.4 is 5.32 Å². The zero-order valence-electron chi connectivity index (χ0n) is 11.1. The fourth-order valence-electron chi connectivity index (χ4n) is 3.34. The summed E-state index contributed by atoms with van der Waals surface area (Å²) in [6, 6.07) is 0.689. The van der Waals surface area contributed by atoms with Gasteiger partial charge < -0.3 is 5.32 Å². The van der Waals surface area contributed by atoms with E-state index in [0.717, 1.165) is 29.9 Å². The van der Waals surface area contributed by atoms with Gasteiger partial charge in [0.25, 0.3) is 0 Å². The van der Waals surface area contributed by atoms with Crippen molar-refractivity contribution in [3.63, 3.8) is 0 Å². The van der Waals surface area contributed by atoms with Crippen LogP contribution in [0.3, 0.4) is 0 Å².